The Bertz CT molecular complexity index is 524. The number of hydrogen-bond acceptors (Lipinski definition) is 4. The van der Waals surface area contributed by atoms with Gasteiger partial charge in [-0.25, -0.2) is 4.98 Å². The zero-order valence-electron chi connectivity index (χ0n) is 10.6. The summed E-state index contributed by atoms with van der Waals surface area (Å²) >= 11 is 1.42. The molecule has 1 amide bonds. The molecule has 0 unspecified atom stereocenters. The van der Waals surface area contributed by atoms with Crippen LogP contribution in [0.3, 0.4) is 0 Å². The van der Waals surface area contributed by atoms with Gasteiger partial charge in [-0.3, -0.25) is 4.79 Å². The number of carbonyl (C=O) groups is 1. The number of thiazole rings is 1. The molecule has 1 aromatic carbocycles. The van der Waals surface area contributed by atoms with Crippen molar-refractivity contribution in [1.82, 2.24) is 10.3 Å². The predicted octanol–water partition coefficient (Wildman–Crippen LogP) is 1.96. The SMILES string of the molecule is NCc1nc(C(=O)NCCCc2ccccc2)cs1. The van der Waals surface area contributed by atoms with Crippen LogP contribution in [0.4, 0.5) is 0 Å². The van der Waals surface area contributed by atoms with Crippen LogP contribution in [0.15, 0.2) is 35.7 Å². The Morgan fingerprint density at radius 3 is 2.79 bits per heavy atom. The number of nitrogens with one attached hydrogen (secondary N) is 1. The van der Waals surface area contributed by atoms with Crippen molar-refractivity contribution in [1.29, 1.82) is 0 Å². The standard InChI is InChI=1S/C14H17N3OS/c15-9-13-17-12(10-19-13)14(18)16-8-4-7-11-5-2-1-3-6-11/h1-3,5-6,10H,4,7-9,15H2,(H,16,18). The summed E-state index contributed by atoms with van der Waals surface area (Å²) in [5.41, 5.74) is 7.22. The third-order valence-electron chi connectivity index (χ3n) is 2.73. The second kappa shape index (κ2) is 7.01. The molecular formula is C14H17N3OS. The minimum atomic E-state index is -0.121. The van der Waals surface area contributed by atoms with Crippen LogP contribution in [0.25, 0.3) is 0 Å². The van der Waals surface area contributed by atoms with E-state index in [2.05, 4.69) is 22.4 Å². The Morgan fingerprint density at radius 2 is 2.11 bits per heavy atom. The number of carbonyl (C=O) groups excluding carboxylic acids is 1. The largest absolute Gasteiger partial charge is 0.351 e. The fourth-order valence-corrected chi connectivity index (χ4v) is 2.39. The van der Waals surface area contributed by atoms with E-state index in [-0.39, 0.29) is 5.91 Å². The molecule has 0 fully saturated rings. The van der Waals surface area contributed by atoms with Crippen molar-refractivity contribution in [3.05, 3.63) is 52.0 Å². The molecule has 1 aromatic heterocycles. The summed E-state index contributed by atoms with van der Waals surface area (Å²) in [6.45, 7) is 1.04. The number of nitrogens with zero attached hydrogens (tertiary/aromatic N) is 1. The molecule has 2 rings (SSSR count). The molecule has 0 aliphatic heterocycles. The lowest BCUT2D eigenvalue weighted by Gasteiger charge is -2.03. The first-order chi connectivity index (χ1) is 9.29. The van der Waals surface area contributed by atoms with E-state index in [1.165, 1.54) is 16.9 Å². The lowest BCUT2D eigenvalue weighted by molar-refractivity contribution is 0.0949. The normalized spacial score (nSPS) is 10.4. The molecule has 0 bridgehead atoms. The minimum absolute atomic E-state index is 0.121. The molecule has 0 saturated heterocycles. The van der Waals surface area contributed by atoms with E-state index in [1.54, 1.807) is 5.38 Å². The van der Waals surface area contributed by atoms with Crippen LogP contribution in [0.1, 0.15) is 27.5 Å². The van der Waals surface area contributed by atoms with E-state index < -0.39 is 0 Å². The number of amides is 1. The molecule has 0 saturated carbocycles. The maximum Gasteiger partial charge on any atom is 0.270 e. The van der Waals surface area contributed by atoms with E-state index in [0.717, 1.165) is 17.8 Å². The number of rotatable bonds is 6. The fraction of sp³-hybridized carbons (Fsp3) is 0.286. The van der Waals surface area contributed by atoms with Gasteiger partial charge in [0.05, 0.1) is 0 Å². The van der Waals surface area contributed by atoms with Gasteiger partial charge in [0.25, 0.3) is 5.91 Å². The highest BCUT2D eigenvalue weighted by Gasteiger charge is 2.08. The summed E-state index contributed by atoms with van der Waals surface area (Å²) in [5.74, 6) is -0.121. The second-order valence-corrected chi connectivity index (χ2v) is 5.12. The summed E-state index contributed by atoms with van der Waals surface area (Å²) < 4.78 is 0. The third-order valence-corrected chi connectivity index (χ3v) is 3.60. The van der Waals surface area contributed by atoms with Crippen LogP contribution in [0, 0.1) is 0 Å². The van der Waals surface area contributed by atoms with Crippen LogP contribution in [-0.4, -0.2) is 17.4 Å². The second-order valence-electron chi connectivity index (χ2n) is 4.18. The van der Waals surface area contributed by atoms with Crippen molar-refractivity contribution < 1.29 is 4.79 Å². The Hall–Kier alpha value is -1.72. The monoisotopic (exact) mass is 275 g/mol. The minimum Gasteiger partial charge on any atom is -0.351 e. The topological polar surface area (TPSA) is 68.0 Å². The quantitative estimate of drug-likeness (QED) is 0.792. The fourth-order valence-electron chi connectivity index (χ4n) is 1.74. The average molecular weight is 275 g/mol. The Balaban J connectivity index is 1.72. The zero-order valence-corrected chi connectivity index (χ0v) is 11.5. The van der Waals surface area contributed by atoms with Gasteiger partial charge in [-0.2, -0.15) is 0 Å². The van der Waals surface area contributed by atoms with Gasteiger partial charge in [-0.05, 0) is 18.4 Å². The first-order valence-corrected chi connectivity index (χ1v) is 7.14. The van der Waals surface area contributed by atoms with E-state index in [9.17, 15) is 4.79 Å². The summed E-state index contributed by atoms with van der Waals surface area (Å²) in [5, 5.41) is 5.40. The number of aromatic nitrogens is 1. The zero-order chi connectivity index (χ0) is 13.5. The van der Waals surface area contributed by atoms with Gasteiger partial charge < -0.3 is 11.1 Å². The summed E-state index contributed by atoms with van der Waals surface area (Å²) in [4.78, 5) is 15.9. The molecule has 0 atom stereocenters. The maximum atomic E-state index is 11.8. The average Bonchev–Trinajstić information content (AvgIpc) is 2.93. The highest BCUT2D eigenvalue weighted by Crippen LogP contribution is 2.08. The lowest BCUT2D eigenvalue weighted by Crippen LogP contribution is -2.25. The van der Waals surface area contributed by atoms with Crippen LogP contribution >= 0.6 is 11.3 Å². The van der Waals surface area contributed by atoms with Gasteiger partial charge >= 0.3 is 0 Å². The molecule has 0 aliphatic carbocycles. The molecule has 3 N–H and O–H groups in total. The molecule has 0 aliphatic rings. The van der Waals surface area contributed by atoms with E-state index in [1.807, 2.05) is 18.2 Å². The van der Waals surface area contributed by atoms with E-state index in [4.69, 9.17) is 5.73 Å². The summed E-state index contributed by atoms with van der Waals surface area (Å²) in [6.07, 6.45) is 1.88. The van der Waals surface area contributed by atoms with Crippen molar-refractivity contribution in [3.8, 4) is 0 Å². The van der Waals surface area contributed by atoms with Crippen molar-refractivity contribution >= 4 is 17.2 Å². The number of nitrogens with two attached hydrogens (primary N) is 1. The van der Waals surface area contributed by atoms with Crippen LogP contribution < -0.4 is 11.1 Å². The van der Waals surface area contributed by atoms with Crippen molar-refractivity contribution in [3.63, 3.8) is 0 Å². The third kappa shape index (κ3) is 4.15. The Morgan fingerprint density at radius 1 is 1.32 bits per heavy atom. The molecule has 1 heterocycles. The van der Waals surface area contributed by atoms with Gasteiger partial charge in [-0.15, -0.1) is 11.3 Å². The van der Waals surface area contributed by atoms with Gasteiger partial charge in [0.2, 0.25) is 0 Å². The Kier molecular flexibility index (Phi) is 5.06. The summed E-state index contributed by atoms with van der Waals surface area (Å²) in [7, 11) is 0. The van der Waals surface area contributed by atoms with Crippen molar-refractivity contribution in [2.75, 3.05) is 6.54 Å². The van der Waals surface area contributed by atoms with Gasteiger partial charge in [-0.1, -0.05) is 30.3 Å². The molecule has 4 nitrogen and oxygen atoms in total. The molecule has 2 aromatic rings. The molecule has 0 spiro atoms. The van der Waals surface area contributed by atoms with E-state index >= 15 is 0 Å². The van der Waals surface area contributed by atoms with Crippen LogP contribution in [0.5, 0.6) is 0 Å². The van der Waals surface area contributed by atoms with Crippen molar-refractivity contribution in [2.45, 2.75) is 19.4 Å². The summed E-state index contributed by atoms with van der Waals surface area (Å²) in [6, 6.07) is 10.2. The number of hydrogen-bond donors (Lipinski definition) is 2. The molecule has 19 heavy (non-hydrogen) atoms. The first kappa shape index (κ1) is 13.7. The molecule has 5 heteroatoms. The highest BCUT2D eigenvalue weighted by molar-refractivity contribution is 7.09. The molecule has 100 valence electrons. The molecular weight excluding hydrogens is 258 g/mol. The smallest absolute Gasteiger partial charge is 0.270 e. The van der Waals surface area contributed by atoms with Gasteiger partial charge in [0, 0.05) is 18.5 Å². The lowest BCUT2D eigenvalue weighted by atomic mass is 10.1. The number of benzene rings is 1. The van der Waals surface area contributed by atoms with E-state index in [0.29, 0.717) is 18.8 Å². The van der Waals surface area contributed by atoms with Crippen LogP contribution in [-0.2, 0) is 13.0 Å². The predicted molar refractivity (Wildman–Crippen MR) is 77.1 cm³/mol. The first-order valence-electron chi connectivity index (χ1n) is 6.26. The van der Waals surface area contributed by atoms with Crippen molar-refractivity contribution in [2.24, 2.45) is 5.73 Å². The maximum absolute atomic E-state index is 11.8. The van der Waals surface area contributed by atoms with Gasteiger partial charge in [0.1, 0.15) is 10.7 Å². The highest BCUT2D eigenvalue weighted by atomic mass is 32.1. The Labute approximate surface area is 116 Å². The van der Waals surface area contributed by atoms with Gasteiger partial charge in [0.15, 0.2) is 0 Å². The van der Waals surface area contributed by atoms with Crippen LogP contribution in [0.2, 0.25) is 0 Å². The molecule has 0 radical (unpaired) electrons. The number of aryl methyl sites for hydroxylation is 1.